The number of esters is 1. The second-order valence-electron chi connectivity index (χ2n) is 10.2. The van der Waals surface area contributed by atoms with Crippen molar-refractivity contribution in [3.63, 3.8) is 0 Å². The van der Waals surface area contributed by atoms with E-state index in [4.69, 9.17) is 4.74 Å². The molecule has 4 aliphatic carbocycles. The van der Waals surface area contributed by atoms with Crippen LogP contribution in [0.15, 0.2) is 42.3 Å². The Morgan fingerprint density at radius 2 is 2.03 bits per heavy atom. The molecule has 3 heteroatoms. The molecule has 3 nitrogen and oxygen atoms in total. The first-order valence-electron chi connectivity index (χ1n) is 11.4. The maximum Gasteiger partial charge on any atom is 0.302 e. The van der Waals surface area contributed by atoms with Crippen LogP contribution in [0.4, 0.5) is 0 Å². The van der Waals surface area contributed by atoms with Crippen LogP contribution in [-0.2, 0) is 9.53 Å². The lowest BCUT2D eigenvalue weighted by atomic mass is 9.46. The summed E-state index contributed by atoms with van der Waals surface area (Å²) in [5.74, 6) is 1.84. The van der Waals surface area contributed by atoms with Crippen LogP contribution in [0.2, 0.25) is 0 Å². The van der Waals surface area contributed by atoms with Crippen LogP contribution < -0.4 is 0 Å². The van der Waals surface area contributed by atoms with Crippen molar-refractivity contribution in [2.75, 3.05) is 0 Å². The van der Waals surface area contributed by atoms with Gasteiger partial charge in [0.15, 0.2) is 0 Å². The van der Waals surface area contributed by atoms with E-state index < -0.39 is 0 Å². The predicted molar refractivity (Wildman–Crippen MR) is 115 cm³/mol. The first kappa shape index (κ1) is 19.1. The molecule has 1 unspecified atom stereocenters. The Bertz CT molecular complexity index is 872. The quantitative estimate of drug-likeness (QED) is 0.460. The van der Waals surface area contributed by atoms with E-state index in [1.165, 1.54) is 43.2 Å². The average molecular weight is 392 g/mol. The molecule has 0 saturated heterocycles. The van der Waals surface area contributed by atoms with Crippen LogP contribution in [0.1, 0.15) is 71.3 Å². The van der Waals surface area contributed by atoms with E-state index in [1.807, 2.05) is 12.4 Å². The number of carbonyl (C=O) groups excluding carboxylic acids is 1. The molecule has 154 valence electrons. The zero-order chi connectivity index (χ0) is 20.2. The molecule has 4 aliphatic rings. The third kappa shape index (κ3) is 2.76. The summed E-state index contributed by atoms with van der Waals surface area (Å²) < 4.78 is 5.94. The van der Waals surface area contributed by atoms with Gasteiger partial charge in [-0.2, -0.15) is 0 Å². The Kier molecular flexibility index (Phi) is 4.49. The Labute approximate surface area is 174 Å². The van der Waals surface area contributed by atoms with Gasteiger partial charge in [-0.15, -0.1) is 0 Å². The lowest BCUT2D eigenvalue weighted by molar-refractivity contribution is -0.161. The Hall–Kier alpha value is -1.90. The lowest BCUT2D eigenvalue weighted by Gasteiger charge is -2.59. The van der Waals surface area contributed by atoms with Crippen LogP contribution in [-0.4, -0.2) is 17.1 Å². The van der Waals surface area contributed by atoms with Crippen molar-refractivity contribution in [1.29, 1.82) is 0 Å². The van der Waals surface area contributed by atoms with Crippen molar-refractivity contribution < 1.29 is 9.53 Å². The molecule has 0 bridgehead atoms. The van der Waals surface area contributed by atoms with Gasteiger partial charge in [-0.1, -0.05) is 37.6 Å². The van der Waals surface area contributed by atoms with E-state index in [-0.39, 0.29) is 22.9 Å². The van der Waals surface area contributed by atoms with Crippen molar-refractivity contribution in [2.24, 2.45) is 28.6 Å². The molecule has 1 aromatic heterocycles. The van der Waals surface area contributed by atoms with Gasteiger partial charge in [0.05, 0.1) is 0 Å². The molecule has 29 heavy (non-hydrogen) atoms. The van der Waals surface area contributed by atoms with E-state index in [2.05, 4.69) is 43.1 Å². The van der Waals surface area contributed by atoms with E-state index >= 15 is 0 Å². The number of hydrogen-bond donors (Lipinski definition) is 0. The van der Waals surface area contributed by atoms with Crippen molar-refractivity contribution >= 4 is 11.5 Å². The molecule has 0 spiro atoms. The first-order valence-corrected chi connectivity index (χ1v) is 11.4. The highest BCUT2D eigenvalue weighted by atomic mass is 16.5. The summed E-state index contributed by atoms with van der Waals surface area (Å²) in [6.07, 6.45) is 17.1. The standard InChI is InChI=1S/C26H33NO2/c1-17(28)29-24-8-4-7-19-9-10-20-22-12-11-21(18-6-5-15-27-16-18)25(22,2)14-13-23(20)26(19,24)3/h5-6,9,11,15-16,20,22-24H,4,7-8,10,12-14H2,1-3H3/t20-,22-,23-,24?,25+,26-/m0/s1. The third-order valence-electron chi connectivity index (χ3n) is 8.98. The van der Waals surface area contributed by atoms with Crippen molar-refractivity contribution in [2.45, 2.75) is 71.8 Å². The number of hydrogen-bond acceptors (Lipinski definition) is 3. The molecule has 0 N–H and O–H groups in total. The predicted octanol–water partition coefficient (Wildman–Crippen LogP) is 5.97. The summed E-state index contributed by atoms with van der Waals surface area (Å²) in [7, 11) is 0. The summed E-state index contributed by atoms with van der Waals surface area (Å²) in [5, 5.41) is 0. The SMILES string of the molecule is CC(=O)OC1CCCC2=CC[C@H]3[C@@H]4CC=C(c5cccnc5)[C@@]4(C)CC[C@@H]3[C@]21C. The molecule has 2 saturated carbocycles. The molecule has 0 radical (unpaired) electrons. The van der Waals surface area contributed by atoms with E-state index in [0.29, 0.717) is 17.8 Å². The monoisotopic (exact) mass is 391 g/mol. The molecule has 0 aromatic carbocycles. The van der Waals surface area contributed by atoms with Gasteiger partial charge < -0.3 is 4.74 Å². The van der Waals surface area contributed by atoms with Crippen LogP contribution in [0.25, 0.3) is 5.57 Å². The summed E-state index contributed by atoms with van der Waals surface area (Å²) in [4.78, 5) is 16.2. The maximum absolute atomic E-state index is 11.9. The number of fused-ring (bicyclic) bond motifs is 5. The fraction of sp³-hybridized carbons (Fsp3) is 0.615. The van der Waals surface area contributed by atoms with Crippen LogP contribution in [0.5, 0.6) is 0 Å². The highest BCUT2D eigenvalue weighted by Gasteiger charge is 2.59. The largest absolute Gasteiger partial charge is 0.462 e. The van der Waals surface area contributed by atoms with Crippen molar-refractivity contribution in [1.82, 2.24) is 4.98 Å². The summed E-state index contributed by atoms with van der Waals surface area (Å²) >= 11 is 0. The lowest BCUT2D eigenvalue weighted by Crippen LogP contribution is -2.54. The third-order valence-corrected chi connectivity index (χ3v) is 8.98. The molecule has 5 rings (SSSR count). The number of carbonyl (C=O) groups is 1. The minimum atomic E-state index is -0.123. The molecule has 1 aromatic rings. The van der Waals surface area contributed by atoms with Gasteiger partial charge in [0, 0.05) is 24.7 Å². The van der Waals surface area contributed by atoms with Crippen LogP contribution in [0, 0.1) is 28.6 Å². The highest BCUT2D eigenvalue weighted by molar-refractivity contribution is 5.72. The fourth-order valence-electron chi connectivity index (χ4n) is 7.61. The van der Waals surface area contributed by atoms with Gasteiger partial charge in [0.1, 0.15) is 6.10 Å². The second-order valence-corrected chi connectivity index (χ2v) is 10.2. The van der Waals surface area contributed by atoms with Gasteiger partial charge in [-0.3, -0.25) is 9.78 Å². The molecule has 0 aliphatic heterocycles. The zero-order valence-electron chi connectivity index (χ0n) is 18.0. The molecule has 2 fully saturated rings. The van der Waals surface area contributed by atoms with Gasteiger partial charge in [0.2, 0.25) is 0 Å². The first-order chi connectivity index (χ1) is 13.9. The maximum atomic E-state index is 11.9. The van der Waals surface area contributed by atoms with Gasteiger partial charge in [-0.25, -0.2) is 0 Å². The van der Waals surface area contributed by atoms with Crippen LogP contribution >= 0.6 is 0 Å². The normalized spacial score (nSPS) is 40.8. The number of pyridine rings is 1. The van der Waals surface area contributed by atoms with Gasteiger partial charge in [-0.05, 0) is 85.3 Å². The van der Waals surface area contributed by atoms with E-state index in [1.54, 1.807) is 12.5 Å². The van der Waals surface area contributed by atoms with Crippen LogP contribution in [0.3, 0.4) is 0 Å². The van der Waals surface area contributed by atoms with E-state index in [0.717, 1.165) is 12.8 Å². The molecular formula is C26H33NO2. The number of ether oxygens (including phenoxy) is 1. The van der Waals surface area contributed by atoms with Crippen molar-refractivity contribution in [3.05, 3.63) is 47.8 Å². The molecule has 6 atom stereocenters. The molecule has 0 amide bonds. The number of allylic oxidation sites excluding steroid dienone is 3. The summed E-state index contributed by atoms with van der Waals surface area (Å²) in [6.45, 7) is 6.47. The van der Waals surface area contributed by atoms with Gasteiger partial charge in [0.25, 0.3) is 0 Å². The Balaban J connectivity index is 1.49. The number of nitrogens with zero attached hydrogens (tertiary/aromatic N) is 1. The topological polar surface area (TPSA) is 39.2 Å². The molecule has 1 heterocycles. The molecular weight excluding hydrogens is 358 g/mol. The minimum Gasteiger partial charge on any atom is -0.462 e. The second kappa shape index (κ2) is 6.82. The Morgan fingerprint density at radius 1 is 1.17 bits per heavy atom. The highest BCUT2D eigenvalue weighted by Crippen LogP contribution is 2.66. The fourth-order valence-corrected chi connectivity index (χ4v) is 7.61. The Morgan fingerprint density at radius 3 is 2.79 bits per heavy atom. The van der Waals surface area contributed by atoms with Gasteiger partial charge >= 0.3 is 5.97 Å². The van der Waals surface area contributed by atoms with Crippen molar-refractivity contribution in [3.8, 4) is 0 Å². The zero-order valence-corrected chi connectivity index (χ0v) is 18.0. The number of rotatable bonds is 2. The number of aromatic nitrogens is 1. The summed E-state index contributed by atoms with van der Waals surface area (Å²) in [6, 6.07) is 4.28. The smallest absolute Gasteiger partial charge is 0.302 e. The average Bonchev–Trinajstić information content (AvgIpc) is 3.06. The van der Waals surface area contributed by atoms with E-state index in [9.17, 15) is 4.79 Å². The minimum absolute atomic E-state index is 0.0191. The summed E-state index contributed by atoms with van der Waals surface area (Å²) in [5.41, 5.74) is 4.63.